The Kier molecular flexibility index (Phi) is 9.50. The average Bonchev–Trinajstić information content (AvgIpc) is 3.67. The van der Waals surface area contributed by atoms with Crippen LogP contribution in [0.5, 0.6) is 0 Å². The highest BCUT2D eigenvalue weighted by Crippen LogP contribution is 2.32. The van der Waals surface area contributed by atoms with Gasteiger partial charge in [0.25, 0.3) is 5.91 Å². The fourth-order valence-electron chi connectivity index (χ4n) is 6.26. The maximum atomic E-state index is 13.6. The summed E-state index contributed by atoms with van der Waals surface area (Å²) >= 11 is 1.35. The highest BCUT2D eigenvalue weighted by atomic mass is 32.1. The van der Waals surface area contributed by atoms with Gasteiger partial charge in [-0.05, 0) is 37.3 Å². The minimum absolute atomic E-state index is 0.0427. The van der Waals surface area contributed by atoms with Gasteiger partial charge in [0.2, 0.25) is 17.7 Å². The third kappa shape index (κ3) is 7.39. The first kappa shape index (κ1) is 30.8. The van der Waals surface area contributed by atoms with Crippen molar-refractivity contribution in [3.8, 4) is 5.69 Å². The number of aryl methyl sites for hydroxylation is 1. The molecule has 13 nitrogen and oxygen atoms in total. The van der Waals surface area contributed by atoms with E-state index >= 15 is 0 Å². The van der Waals surface area contributed by atoms with Gasteiger partial charge in [-0.25, -0.2) is 9.67 Å². The standard InChI is InChI=1S/C31H38N8O5S/c1-20-29-31(43)38-10-8-21(16-28(41)37-11-13-44-14-12-37)22(18-38)15-26(40)34-25(30(42)32-9-7-27(33-20)45-29)17-23-19-39(36-35-23)24-5-3-2-4-6-24/h2-6,19,21-22,25H,7-18H2,1H3,(H,32,42)(H,34,40)/t21-,22-,25+/m0/s1. The minimum Gasteiger partial charge on any atom is -0.378 e. The first-order valence-electron chi connectivity index (χ1n) is 15.5. The van der Waals surface area contributed by atoms with Crippen molar-refractivity contribution in [2.45, 2.75) is 45.1 Å². The zero-order valence-electron chi connectivity index (χ0n) is 25.3. The molecule has 0 unspecified atom stereocenters. The lowest BCUT2D eigenvalue weighted by molar-refractivity contribution is -0.137. The number of benzene rings is 1. The lowest BCUT2D eigenvalue weighted by Crippen LogP contribution is -2.51. The number of rotatable bonds is 5. The summed E-state index contributed by atoms with van der Waals surface area (Å²) in [5.74, 6) is -1.03. The normalized spacial score (nSPS) is 23.1. The summed E-state index contributed by atoms with van der Waals surface area (Å²) in [4.78, 5) is 62.7. The molecule has 0 aliphatic carbocycles. The van der Waals surface area contributed by atoms with E-state index in [0.29, 0.717) is 81.5 Å². The number of amides is 4. The molecule has 238 valence electrons. The molecule has 2 saturated heterocycles. The number of morpholine rings is 1. The summed E-state index contributed by atoms with van der Waals surface area (Å²) < 4.78 is 7.04. The van der Waals surface area contributed by atoms with E-state index in [4.69, 9.17) is 4.74 Å². The summed E-state index contributed by atoms with van der Waals surface area (Å²) in [6, 6.07) is 8.64. The molecule has 6 rings (SSSR count). The van der Waals surface area contributed by atoms with Gasteiger partial charge in [0, 0.05) is 58.4 Å². The number of ether oxygens (including phenoxy) is 1. The third-order valence-corrected chi connectivity index (χ3v) is 9.93. The largest absolute Gasteiger partial charge is 0.378 e. The fraction of sp³-hybridized carbons (Fsp3) is 0.516. The Morgan fingerprint density at radius 1 is 1.11 bits per heavy atom. The molecule has 0 spiro atoms. The molecular formula is C31H38N8O5S. The lowest BCUT2D eigenvalue weighted by Gasteiger charge is -2.39. The van der Waals surface area contributed by atoms with Gasteiger partial charge in [-0.3, -0.25) is 19.2 Å². The maximum absolute atomic E-state index is 13.6. The van der Waals surface area contributed by atoms with E-state index in [9.17, 15) is 19.2 Å². The zero-order chi connectivity index (χ0) is 31.3. The van der Waals surface area contributed by atoms with Gasteiger partial charge in [0.05, 0.1) is 41.5 Å². The van der Waals surface area contributed by atoms with Gasteiger partial charge in [-0.15, -0.1) is 16.4 Å². The molecule has 45 heavy (non-hydrogen) atoms. The summed E-state index contributed by atoms with van der Waals surface area (Å²) in [5.41, 5.74) is 2.05. The van der Waals surface area contributed by atoms with Gasteiger partial charge in [0.15, 0.2) is 0 Å². The number of aromatic nitrogens is 4. The third-order valence-electron chi connectivity index (χ3n) is 8.73. The maximum Gasteiger partial charge on any atom is 0.265 e. The van der Waals surface area contributed by atoms with Crippen molar-refractivity contribution < 1.29 is 23.9 Å². The number of carbonyl (C=O) groups excluding carboxylic acids is 4. The van der Waals surface area contributed by atoms with Crippen LogP contribution in [0.3, 0.4) is 0 Å². The monoisotopic (exact) mass is 634 g/mol. The van der Waals surface area contributed by atoms with E-state index < -0.39 is 6.04 Å². The number of hydrogen-bond donors (Lipinski definition) is 2. The van der Waals surface area contributed by atoms with Crippen molar-refractivity contribution >= 4 is 35.0 Å². The van der Waals surface area contributed by atoms with Crippen LogP contribution < -0.4 is 10.6 Å². The number of nitrogens with zero attached hydrogens (tertiary/aromatic N) is 6. The molecule has 3 aromatic rings. The summed E-state index contributed by atoms with van der Waals surface area (Å²) in [6.07, 6.45) is 3.36. The van der Waals surface area contributed by atoms with E-state index in [1.54, 1.807) is 15.8 Å². The highest BCUT2D eigenvalue weighted by molar-refractivity contribution is 7.13. The van der Waals surface area contributed by atoms with Crippen molar-refractivity contribution in [2.24, 2.45) is 11.8 Å². The molecule has 1 aromatic carbocycles. The van der Waals surface area contributed by atoms with Crippen LogP contribution in [-0.2, 0) is 32.0 Å². The quantitative estimate of drug-likeness (QED) is 0.424. The molecular weight excluding hydrogens is 596 g/mol. The van der Waals surface area contributed by atoms with Crippen molar-refractivity contribution in [3.05, 3.63) is 57.8 Å². The van der Waals surface area contributed by atoms with Gasteiger partial charge in [0.1, 0.15) is 10.9 Å². The van der Waals surface area contributed by atoms with Crippen molar-refractivity contribution in [1.82, 2.24) is 40.4 Å². The second-order valence-electron chi connectivity index (χ2n) is 11.8. The van der Waals surface area contributed by atoms with E-state index in [1.807, 2.05) is 42.2 Å². The first-order valence-corrected chi connectivity index (χ1v) is 16.3. The molecule has 5 heterocycles. The smallest absolute Gasteiger partial charge is 0.265 e. The molecule has 2 aromatic heterocycles. The molecule has 0 saturated carbocycles. The number of fused-ring (bicyclic) bond motifs is 4. The van der Waals surface area contributed by atoms with Crippen LogP contribution in [0.15, 0.2) is 36.5 Å². The first-order chi connectivity index (χ1) is 21.8. The van der Waals surface area contributed by atoms with Gasteiger partial charge in [-0.2, -0.15) is 0 Å². The van der Waals surface area contributed by atoms with Crippen molar-refractivity contribution in [2.75, 3.05) is 45.9 Å². The Morgan fingerprint density at radius 2 is 1.91 bits per heavy atom. The van der Waals surface area contributed by atoms with Crippen LogP contribution in [0.1, 0.15) is 45.3 Å². The van der Waals surface area contributed by atoms with Crippen molar-refractivity contribution in [1.29, 1.82) is 0 Å². The molecule has 4 bridgehead atoms. The molecule has 3 aliphatic heterocycles. The molecule has 3 aliphatic rings. The molecule has 2 fully saturated rings. The molecule has 3 atom stereocenters. The van der Waals surface area contributed by atoms with Crippen LogP contribution in [0.2, 0.25) is 0 Å². The Bertz CT molecular complexity index is 1540. The summed E-state index contributed by atoms with van der Waals surface area (Å²) in [5, 5.41) is 15.1. The predicted molar refractivity (Wildman–Crippen MR) is 165 cm³/mol. The average molecular weight is 635 g/mol. The van der Waals surface area contributed by atoms with E-state index in [1.165, 1.54) is 11.3 Å². The number of carbonyl (C=O) groups is 4. The SMILES string of the molecule is Cc1nc2sc1C(=O)N1CC[C@@H](CC(=O)N3CCOCC3)[C@@H](CC(=O)N[C@H](Cc3cn(-c4ccccc4)nn3)C(=O)NCC2)C1. The van der Waals surface area contributed by atoms with Gasteiger partial charge < -0.3 is 25.2 Å². The Labute approximate surface area is 265 Å². The van der Waals surface area contributed by atoms with Crippen LogP contribution in [0.25, 0.3) is 5.69 Å². The highest BCUT2D eigenvalue weighted by Gasteiger charge is 2.37. The Hall–Kier alpha value is -4.17. The minimum atomic E-state index is -0.882. The molecule has 2 N–H and O–H groups in total. The number of thiazole rings is 1. The number of nitrogens with one attached hydrogen (secondary N) is 2. The number of hydrogen-bond acceptors (Lipinski definition) is 9. The second-order valence-corrected chi connectivity index (χ2v) is 12.9. The van der Waals surface area contributed by atoms with Gasteiger partial charge in [-0.1, -0.05) is 23.4 Å². The Morgan fingerprint density at radius 3 is 2.71 bits per heavy atom. The Balaban J connectivity index is 1.23. The number of para-hydroxylation sites is 1. The van der Waals surface area contributed by atoms with Crippen LogP contribution >= 0.6 is 11.3 Å². The van der Waals surface area contributed by atoms with Gasteiger partial charge >= 0.3 is 0 Å². The second kappa shape index (κ2) is 13.9. The van der Waals surface area contributed by atoms with Crippen molar-refractivity contribution in [3.63, 3.8) is 0 Å². The van der Waals surface area contributed by atoms with Crippen LogP contribution in [-0.4, -0.2) is 105 Å². The van der Waals surface area contributed by atoms with Crippen LogP contribution in [0, 0.1) is 18.8 Å². The molecule has 4 amide bonds. The number of piperidine rings is 1. The summed E-state index contributed by atoms with van der Waals surface area (Å²) in [7, 11) is 0. The zero-order valence-corrected chi connectivity index (χ0v) is 26.1. The predicted octanol–water partition coefficient (Wildman–Crippen LogP) is 1.15. The fourth-order valence-corrected chi connectivity index (χ4v) is 7.29. The van der Waals surface area contributed by atoms with E-state index in [2.05, 4.69) is 25.9 Å². The molecule has 0 radical (unpaired) electrons. The topological polar surface area (TPSA) is 152 Å². The lowest BCUT2D eigenvalue weighted by atomic mass is 9.80. The molecule has 14 heteroatoms. The van der Waals surface area contributed by atoms with E-state index in [-0.39, 0.29) is 48.3 Å². The van der Waals surface area contributed by atoms with E-state index in [0.717, 1.165) is 10.7 Å². The summed E-state index contributed by atoms with van der Waals surface area (Å²) in [6.45, 7) is 5.13. The van der Waals surface area contributed by atoms with Crippen LogP contribution in [0.4, 0.5) is 0 Å².